The van der Waals surface area contributed by atoms with E-state index in [1.54, 1.807) is 20.8 Å². The molecule has 0 saturated heterocycles. The largest absolute Gasteiger partial charge is 0.444 e. The Labute approximate surface area is 121 Å². The average molecular weight is 295 g/mol. The Morgan fingerprint density at radius 2 is 1.90 bits per heavy atom. The second-order valence-electron chi connectivity index (χ2n) is 5.19. The highest BCUT2D eigenvalue weighted by Gasteiger charge is 2.20. The average Bonchev–Trinajstić information content (AvgIpc) is 2.35. The molecule has 0 unspecified atom stereocenters. The van der Waals surface area contributed by atoms with E-state index in [-0.39, 0.29) is 16.9 Å². The molecule has 21 heavy (non-hydrogen) atoms. The van der Waals surface area contributed by atoms with Crippen LogP contribution in [0.3, 0.4) is 0 Å². The zero-order chi connectivity index (χ0) is 16.2. The highest BCUT2D eigenvalue weighted by Crippen LogP contribution is 2.23. The maximum atomic E-state index is 11.7. The van der Waals surface area contributed by atoms with Gasteiger partial charge in [-0.05, 0) is 26.8 Å². The van der Waals surface area contributed by atoms with Gasteiger partial charge >= 0.3 is 6.09 Å². The van der Waals surface area contributed by atoms with Crippen LogP contribution in [-0.4, -0.2) is 29.6 Å². The molecule has 114 valence electrons. The first-order chi connectivity index (χ1) is 9.64. The molecule has 0 heterocycles. The molecule has 0 saturated carbocycles. The normalized spacial score (nSPS) is 10.7. The van der Waals surface area contributed by atoms with E-state index in [1.807, 2.05) is 0 Å². The summed E-state index contributed by atoms with van der Waals surface area (Å²) < 4.78 is 5.06. The fourth-order valence-electron chi connectivity index (χ4n) is 1.50. The molecule has 0 aliphatic carbocycles. The summed E-state index contributed by atoms with van der Waals surface area (Å²) in [7, 11) is 1.42. The maximum Gasteiger partial charge on any atom is 0.412 e. The number of non-ortho nitro benzene ring substituents is 1. The van der Waals surface area contributed by atoms with E-state index in [0.717, 1.165) is 6.07 Å². The van der Waals surface area contributed by atoms with Crippen LogP contribution in [0.1, 0.15) is 31.1 Å². The highest BCUT2D eigenvalue weighted by molar-refractivity contribution is 6.03. The summed E-state index contributed by atoms with van der Waals surface area (Å²) in [5.41, 5.74) is -0.849. The van der Waals surface area contributed by atoms with Crippen molar-refractivity contribution in [1.82, 2.24) is 5.32 Å². The number of nitrogens with zero attached hydrogens (tertiary/aromatic N) is 1. The number of rotatable bonds is 3. The van der Waals surface area contributed by atoms with Gasteiger partial charge in [-0.25, -0.2) is 4.79 Å². The molecule has 8 heteroatoms. The van der Waals surface area contributed by atoms with Crippen LogP contribution in [0.5, 0.6) is 0 Å². The van der Waals surface area contributed by atoms with Crippen LogP contribution in [0, 0.1) is 10.1 Å². The summed E-state index contributed by atoms with van der Waals surface area (Å²) in [4.78, 5) is 33.6. The van der Waals surface area contributed by atoms with Crippen LogP contribution in [0.4, 0.5) is 16.2 Å². The standard InChI is InChI=1S/C13H17N3O5/c1-13(2,3)21-12(18)15-10-7-8(16(19)20)5-6-9(10)11(17)14-4/h5-7H,1-4H3,(H,14,17)(H,15,18). The zero-order valence-electron chi connectivity index (χ0n) is 12.2. The van der Waals surface area contributed by atoms with E-state index in [1.165, 1.54) is 19.2 Å². The fraction of sp³-hybridized carbons (Fsp3) is 0.385. The Hall–Kier alpha value is -2.64. The van der Waals surface area contributed by atoms with E-state index in [0.29, 0.717) is 0 Å². The van der Waals surface area contributed by atoms with Gasteiger partial charge in [-0.1, -0.05) is 0 Å². The topological polar surface area (TPSA) is 111 Å². The molecule has 8 nitrogen and oxygen atoms in total. The van der Waals surface area contributed by atoms with Gasteiger partial charge in [0.25, 0.3) is 11.6 Å². The van der Waals surface area contributed by atoms with Gasteiger partial charge in [0.05, 0.1) is 16.2 Å². The molecule has 0 spiro atoms. The number of nitrogens with one attached hydrogen (secondary N) is 2. The Balaban J connectivity index is 3.12. The first-order valence-corrected chi connectivity index (χ1v) is 6.14. The molecule has 1 rings (SSSR count). The van der Waals surface area contributed by atoms with Gasteiger partial charge in [-0.3, -0.25) is 20.2 Å². The molecule has 0 aliphatic heterocycles. The molecule has 1 aromatic rings. The Kier molecular flexibility index (Phi) is 4.85. The van der Waals surface area contributed by atoms with E-state index in [2.05, 4.69) is 10.6 Å². The minimum Gasteiger partial charge on any atom is -0.444 e. The first kappa shape index (κ1) is 16.4. The summed E-state index contributed by atoms with van der Waals surface area (Å²) >= 11 is 0. The van der Waals surface area contributed by atoms with E-state index in [4.69, 9.17) is 4.74 Å². The molecule has 2 amide bonds. The number of nitro benzene ring substituents is 1. The fourth-order valence-corrected chi connectivity index (χ4v) is 1.50. The van der Waals surface area contributed by atoms with Crippen molar-refractivity contribution in [2.75, 3.05) is 12.4 Å². The molecular formula is C13H17N3O5. The number of benzene rings is 1. The lowest BCUT2D eigenvalue weighted by molar-refractivity contribution is -0.384. The van der Waals surface area contributed by atoms with Crippen molar-refractivity contribution in [3.63, 3.8) is 0 Å². The van der Waals surface area contributed by atoms with E-state index >= 15 is 0 Å². The number of ether oxygens (including phenoxy) is 1. The highest BCUT2D eigenvalue weighted by atomic mass is 16.6. The molecule has 0 fully saturated rings. The number of carbonyl (C=O) groups excluding carboxylic acids is 2. The lowest BCUT2D eigenvalue weighted by Crippen LogP contribution is -2.28. The summed E-state index contributed by atoms with van der Waals surface area (Å²) in [6.07, 6.45) is -0.798. The van der Waals surface area contributed by atoms with Gasteiger partial charge in [0, 0.05) is 19.2 Å². The molecule has 2 N–H and O–H groups in total. The first-order valence-electron chi connectivity index (χ1n) is 6.14. The third-order valence-electron chi connectivity index (χ3n) is 2.32. The summed E-state index contributed by atoms with van der Waals surface area (Å²) in [6, 6.07) is 3.56. The van der Waals surface area contributed by atoms with Gasteiger partial charge in [-0.2, -0.15) is 0 Å². The van der Waals surface area contributed by atoms with Crippen molar-refractivity contribution >= 4 is 23.4 Å². The number of nitro groups is 1. The van der Waals surface area contributed by atoms with E-state index < -0.39 is 22.5 Å². The molecule has 0 radical (unpaired) electrons. The van der Waals surface area contributed by atoms with Crippen LogP contribution in [0.2, 0.25) is 0 Å². The predicted molar refractivity (Wildman–Crippen MR) is 76.3 cm³/mol. The van der Waals surface area contributed by atoms with Gasteiger partial charge in [0.1, 0.15) is 5.60 Å². The lowest BCUT2D eigenvalue weighted by atomic mass is 10.1. The van der Waals surface area contributed by atoms with Crippen molar-refractivity contribution in [2.45, 2.75) is 26.4 Å². The van der Waals surface area contributed by atoms with Crippen molar-refractivity contribution < 1.29 is 19.2 Å². The Morgan fingerprint density at radius 1 is 1.29 bits per heavy atom. The summed E-state index contributed by atoms with van der Waals surface area (Å²) in [5.74, 6) is -0.476. The number of hydrogen-bond donors (Lipinski definition) is 2. The van der Waals surface area contributed by atoms with Crippen LogP contribution >= 0.6 is 0 Å². The predicted octanol–water partition coefficient (Wildman–Crippen LogP) is 2.30. The SMILES string of the molecule is CNC(=O)c1ccc([N+](=O)[O-])cc1NC(=O)OC(C)(C)C. The smallest absolute Gasteiger partial charge is 0.412 e. The molecule has 0 aliphatic rings. The number of anilines is 1. The molecule has 1 aromatic carbocycles. The number of amides is 2. The molecular weight excluding hydrogens is 278 g/mol. The van der Waals surface area contributed by atoms with Crippen molar-refractivity contribution in [1.29, 1.82) is 0 Å². The quantitative estimate of drug-likeness (QED) is 0.656. The second kappa shape index (κ2) is 6.21. The van der Waals surface area contributed by atoms with Crippen LogP contribution in [0.25, 0.3) is 0 Å². The second-order valence-corrected chi connectivity index (χ2v) is 5.19. The van der Waals surface area contributed by atoms with Crippen molar-refractivity contribution in [3.8, 4) is 0 Å². The van der Waals surface area contributed by atoms with Crippen LogP contribution in [0.15, 0.2) is 18.2 Å². The van der Waals surface area contributed by atoms with Crippen LogP contribution < -0.4 is 10.6 Å². The monoisotopic (exact) mass is 295 g/mol. The Morgan fingerprint density at radius 3 is 2.38 bits per heavy atom. The Bertz CT molecular complexity index is 578. The maximum absolute atomic E-state index is 11.7. The minimum absolute atomic E-state index is 0.0119. The summed E-state index contributed by atoms with van der Waals surface area (Å²) in [5, 5.41) is 15.5. The third-order valence-corrected chi connectivity index (χ3v) is 2.32. The molecule has 0 atom stereocenters. The van der Waals surface area contributed by atoms with Crippen molar-refractivity contribution in [2.24, 2.45) is 0 Å². The lowest BCUT2D eigenvalue weighted by Gasteiger charge is -2.20. The summed E-state index contributed by atoms with van der Waals surface area (Å²) in [6.45, 7) is 5.04. The molecule has 0 bridgehead atoms. The third kappa shape index (κ3) is 4.75. The molecule has 0 aromatic heterocycles. The van der Waals surface area contributed by atoms with Gasteiger partial charge in [0.15, 0.2) is 0 Å². The minimum atomic E-state index is -0.798. The van der Waals surface area contributed by atoms with Crippen LogP contribution in [-0.2, 0) is 4.74 Å². The van der Waals surface area contributed by atoms with Crippen molar-refractivity contribution in [3.05, 3.63) is 33.9 Å². The van der Waals surface area contributed by atoms with E-state index in [9.17, 15) is 19.7 Å². The zero-order valence-corrected chi connectivity index (χ0v) is 12.2. The number of hydrogen-bond acceptors (Lipinski definition) is 5. The van der Waals surface area contributed by atoms with Gasteiger partial charge in [-0.15, -0.1) is 0 Å². The number of carbonyl (C=O) groups is 2. The van der Waals surface area contributed by atoms with Gasteiger partial charge in [0.2, 0.25) is 0 Å². The van der Waals surface area contributed by atoms with Gasteiger partial charge < -0.3 is 10.1 Å².